The molecule has 140 valence electrons. The molecule has 27 heavy (non-hydrogen) atoms. The molecule has 0 aliphatic heterocycles. The predicted octanol–water partition coefficient (Wildman–Crippen LogP) is 2.86. The maximum atomic E-state index is 12.4. The smallest absolute Gasteiger partial charge is 0.251 e. The second-order valence-electron chi connectivity index (χ2n) is 5.96. The number of carbonyl (C=O) groups excluding carboxylic acids is 1. The van der Waals surface area contributed by atoms with Crippen LogP contribution in [0, 0.1) is 0 Å². The molecule has 1 amide bonds. The van der Waals surface area contributed by atoms with Crippen LogP contribution in [0.4, 0.5) is 0 Å². The van der Waals surface area contributed by atoms with Crippen molar-refractivity contribution in [1.82, 2.24) is 20.4 Å². The minimum absolute atomic E-state index is 0.00527. The second-order valence-corrected chi connectivity index (χ2v) is 5.96. The normalized spacial score (nSPS) is 10.7. The highest BCUT2D eigenvalue weighted by Gasteiger charge is 2.14. The van der Waals surface area contributed by atoms with Gasteiger partial charge < -0.3 is 19.3 Å². The van der Waals surface area contributed by atoms with Gasteiger partial charge in [-0.25, -0.2) is 0 Å². The van der Waals surface area contributed by atoms with Crippen molar-refractivity contribution in [2.75, 3.05) is 7.11 Å². The van der Waals surface area contributed by atoms with Crippen molar-refractivity contribution in [2.24, 2.45) is 0 Å². The van der Waals surface area contributed by atoms with Gasteiger partial charge in [0, 0.05) is 23.5 Å². The average Bonchev–Trinajstić information content (AvgIpc) is 3.16. The van der Waals surface area contributed by atoms with Crippen LogP contribution in [0.2, 0.25) is 0 Å². The Balaban J connectivity index is 1.65. The van der Waals surface area contributed by atoms with Crippen LogP contribution in [-0.4, -0.2) is 34.2 Å². The van der Waals surface area contributed by atoms with E-state index in [0.29, 0.717) is 28.8 Å². The summed E-state index contributed by atoms with van der Waals surface area (Å²) in [7, 11) is 1.53. The SMILES string of the molecule is COc1cc(C(=O)NCc2nc(-c3ccncc3)no2)ccc1OC(C)C. The zero-order valence-electron chi connectivity index (χ0n) is 15.3. The fraction of sp³-hybridized carbons (Fsp3) is 0.263. The van der Waals surface area contributed by atoms with E-state index in [0.717, 1.165) is 5.56 Å². The first kappa shape index (κ1) is 18.4. The summed E-state index contributed by atoms with van der Waals surface area (Å²) in [6.45, 7) is 3.96. The number of hydrogen-bond donors (Lipinski definition) is 1. The Morgan fingerprint density at radius 2 is 1.96 bits per heavy atom. The fourth-order valence-electron chi connectivity index (χ4n) is 2.36. The molecule has 3 rings (SSSR count). The molecule has 8 nitrogen and oxygen atoms in total. The van der Waals surface area contributed by atoms with Gasteiger partial charge in [0.05, 0.1) is 19.8 Å². The summed E-state index contributed by atoms with van der Waals surface area (Å²) in [4.78, 5) is 20.6. The van der Waals surface area contributed by atoms with Gasteiger partial charge in [0.25, 0.3) is 5.91 Å². The fourth-order valence-corrected chi connectivity index (χ4v) is 2.36. The quantitative estimate of drug-likeness (QED) is 0.684. The molecule has 8 heteroatoms. The van der Waals surface area contributed by atoms with Crippen molar-refractivity contribution in [2.45, 2.75) is 26.5 Å². The minimum atomic E-state index is -0.284. The van der Waals surface area contributed by atoms with Gasteiger partial charge in [-0.15, -0.1) is 0 Å². The third kappa shape index (κ3) is 4.60. The third-order valence-electron chi connectivity index (χ3n) is 3.60. The zero-order valence-corrected chi connectivity index (χ0v) is 15.3. The van der Waals surface area contributed by atoms with Crippen molar-refractivity contribution in [1.29, 1.82) is 0 Å². The monoisotopic (exact) mass is 368 g/mol. The van der Waals surface area contributed by atoms with Crippen LogP contribution in [-0.2, 0) is 6.54 Å². The largest absolute Gasteiger partial charge is 0.493 e. The van der Waals surface area contributed by atoms with Crippen molar-refractivity contribution < 1.29 is 18.8 Å². The van der Waals surface area contributed by atoms with E-state index < -0.39 is 0 Å². The molecule has 0 saturated carbocycles. The Morgan fingerprint density at radius 3 is 2.67 bits per heavy atom. The van der Waals surface area contributed by atoms with Gasteiger partial charge in [-0.05, 0) is 44.2 Å². The summed E-state index contributed by atoms with van der Waals surface area (Å²) < 4.78 is 16.1. The van der Waals surface area contributed by atoms with Crippen LogP contribution in [0.25, 0.3) is 11.4 Å². The van der Waals surface area contributed by atoms with E-state index in [2.05, 4.69) is 20.4 Å². The van der Waals surface area contributed by atoms with Crippen LogP contribution in [0.1, 0.15) is 30.1 Å². The highest BCUT2D eigenvalue weighted by Crippen LogP contribution is 2.29. The average molecular weight is 368 g/mol. The highest BCUT2D eigenvalue weighted by molar-refractivity contribution is 5.94. The van der Waals surface area contributed by atoms with E-state index in [1.807, 2.05) is 13.8 Å². The predicted molar refractivity (Wildman–Crippen MR) is 97.5 cm³/mol. The van der Waals surface area contributed by atoms with Gasteiger partial charge in [0.15, 0.2) is 11.5 Å². The standard InChI is InChI=1S/C19H20N4O4/c1-12(2)26-15-5-4-14(10-16(15)25-3)19(24)21-11-17-22-18(23-27-17)13-6-8-20-9-7-13/h4-10,12H,11H2,1-3H3,(H,21,24). The number of pyridine rings is 1. The molecule has 0 atom stereocenters. The summed E-state index contributed by atoms with van der Waals surface area (Å²) in [5.74, 6) is 1.55. The Labute approximate surface area is 156 Å². The Bertz CT molecular complexity index is 909. The molecule has 0 bridgehead atoms. The number of ether oxygens (including phenoxy) is 2. The second kappa shape index (κ2) is 8.31. The number of carbonyl (C=O) groups is 1. The molecular weight excluding hydrogens is 348 g/mol. The van der Waals surface area contributed by atoms with E-state index in [1.165, 1.54) is 7.11 Å². The lowest BCUT2D eigenvalue weighted by Gasteiger charge is -2.14. The molecule has 1 N–H and O–H groups in total. The molecule has 0 aliphatic carbocycles. The minimum Gasteiger partial charge on any atom is -0.493 e. The van der Waals surface area contributed by atoms with Crippen LogP contribution in [0.3, 0.4) is 0 Å². The Morgan fingerprint density at radius 1 is 1.19 bits per heavy atom. The van der Waals surface area contributed by atoms with Gasteiger partial charge in [-0.1, -0.05) is 5.16 Å². The van der Waals surface area contributed by atoms with E-state index in [4.69, 9.17) is 14.0 Å². The van der Waals surface area contributed by atoms with Crippen molar-refractivity contribution in [3.05, 3.63) is 54.2 Å². The van der Waals surface area contributed by atoms with Crippen LogP contribution >= 0.6 is 0 Å². The maximum absolute atomic E-state index is 12.4. The first-order valence-corrected chi connectivity index (χ1v) is 8.42. The topological polar surface area (TPSA) is 99.4 Å². The molecule has 0 aliphatic rings. The molecule has 0 spiro atoms. The lowest BCUT2D eigenvalue weighted by Crippen LogP contribution is -2.23. The van der Waals surface area contributed by atoms with E-state index >= 15 is 0 Å². The molecule has 0 radical (unpaired) electrons. The first-order chi connectivity index (χ1) is 13.1. The molecule has 0 saturated heterocycles. The molecule has 2 aromatic heterocycles. The van der Waals surface area contributed by atoms with Gasteiger partial charge in [-0.3, -0.25) is 9.78 Å². The maximum Gasteiger partial charge on any atom is 0.251 e. The molecule has 0 unspecified atom stereocenters. The van der Waals surface area contributed by atoms with Crippen LogP contribution in [0.15, 0.2) is 47.2 Å². The van der Waals surface area contributed by atoms with Crippen LogP contribution in [0.5, 0.6) is 11.5 Å². The van der Waals surface area contributed by atoms with Gasteiger partial charge in [-0.2, -0.15) is 4.98 Å². The third-order valence-corrected chi connectivity index (χ3v) is 3.60. The Hall–Kier alpha value is -3.42. The summed E-state index contributed by atoms with van der Waals surface area (Å²) in [5.41, 5.74) is 1.23. The van der Waals surface area contributed by atoms with Gasteiger partial charge in [0.1, 0.15) is 0 Å². The number of benzene rings is 1. The number of nitrogens with one attached hydrogen (secondary N) is 1. The van der Waals surface area contributed by atoms with E-state index in [9.17, 15) is 4.79 Å². The number of rotatable bonds is 7. The summed E-state index contributed by atoms with van der Waals surface area (Å²) in [5, 5.41) is 6.65. The molecular formula is C19H20N4O4. The number of amides is 1. The summed E-state index contributed by atoms with van der Waals surface area (Å²) in [6.07, 6.45) is 3.30. The molecule has 0 fully saturated rings. The lowest BCUT2D eigenvalue weighted by atomic mass is 10.2. The number of hydrogen-bond acceptors (Lipinski definition) is 7. The van der Waals surface area contributed by atoms with Crippen molar-refractivity contribution in [3.8, 4) is 22.9 Å². The highest BCUT2D eigenvalue weighted by atomic mass is 16.5. The van der Waals surface area contributed by atoms with E-state index in [-0.39, 0.29) is 18.6 Å². The molecule has 2 heterocycles. The van der Waals surface area contributed by atoms with Gasteiger partial charge in [0.2, 0.25) is 11.7 Å². The lowest BCUT2D eigenvalue weighted by molar-refractivity contribution is 0.0946. The van der Waals surface area contributed by atoms with Crippen molar-refractivity contribution >= 4 is 5.91 Å². The number of methoxy groups -OCH3 is 1. The van der Waals surface area contributed by atoms with Gasteiger partial charge >= 0.3 is 0 Å². The number of aromatic nitrogens is 3. The summed E-state index contributed by atoms with van der Waals surface area (Å²) >= 11 is 0. The molecule has 3 aromatic rings. The zero-order chi connectivity index (χ0) is 19.2. The van der Waals surface area contributed by atoms with Crippen LogP contribution < -0.4 is 14.8 Å². The summed E-state index contributed by atoms with van der Waals surface area (Å²) in [6, 6.07) is 8.57. The van der Waals surface area contributed by atoms with Crippen molar-refractivity contribution in [3.63, 3.8) is 0 Å². The Kier molecular flexibility index (Phi) is 5.65. The number of nitrogens with zero attached hydrogens (tertiary/aromatic N) is 3. The molecule has 1 aromatic carbocycles. The first-order valence-electron chi connectivity index (χ1n) is 8.42. The van der Waals surface area contributed by atoms with E-state index in [1.54, 1.807) is 42.7 Å².